The summed E-state index contributed by atoms with van der Waals surface area (Å²) in [5.41, 5.74) is 9.25. The zero-order valence-corrected chi connectivity index (χ0v) is 10.5. The van der Waals surface area contributed by atoms with Crippen molar-refractivity contribution in [2.75, 3.05) is 19.3 Å². The number of nitrogens with one attached hydrogen (secondary N) is 1. The van der Waals surface area contributed by atoms with Crippen LogP contribution < -0.4 is 11.1 Å². The van der Waals surface area contributed by atoms with Gasteiger partial charge in [-0.05, 0) is 49.2 Å². The van der Waals surface area contributed by atoms with E-state index in [-0.39, 0.29) is 0 Å². The van der Waals surface area contributed by atoms with Crippen molar-refractivity contribution < 1.29 is 0 Å². The highest BCUT2D eigenvalue weighted by atomic mass is 14.8. The van der Waals surface area contributed by atoms with Gasteiger partial charge in [0, 0.05) is 5.69 Å². The molecule has 1 aromatic rings. The molecule has 0 aromatic heterocycles. The van der Waals surface area contributed by atoms with Gasteiger partial charge < -0.3 is 11.1 Å². The van der Waals surface area contributed by atoms with E-state index in [1.165, 1.54) is 5.56 Å². The molecular formula is C14H22N2. The van der Waals surface area contributed by atoms with Crippen LogP contribution in [0.4, 0.5) is 5.69 Å². The summed E-state index contributed by atoms with van der Waals surface area (Å²) in [6, 6.07) is 6.27. The zero-order chi connectivity index (χ0) is 12.0. The molecule has 0 unspecified atom stereocenters. The Labute approximate surface area is 98.6 Å². The predicted octanol–water partition coefficient (Wildman–Crippen LogP) is 3.01. The van der Waals surface area contributed by atoms with Gasteiger partial charge in [0.25, 0.3) is 0 Å². The van der Waals surface area contributed by atoms with Crippen molar-refractivity contribution in [1.29, 1.82) is 0 Å². The lowest BCUT2D eigenvalue weighted by Crippen LogP contribution is -2.05. The second-order valence-electron chi connectivity index (χ2n) is 4.34. The predicted molar refractivity (Wildman–Crippen MR) is 72.5 cm³/mol. The minimum absolute atomic E-state index is 0.546. The van der Waals surface area contributed by atoms with Crippen molar-refractivity contribution in [3.8, 4) is 0 Å². The Hall–Kier alpha value is -1.28. The largest absolute Gasteiger partial charge is 0.398 e. The summed E-state index contributed by atoms with van der Waals surface area (Å²) in [5, 5.41) is 3.12. The summed E-state index contributed by atoms with van der Waals surface area (Å²) >= 11 is 0. The molecule has 0 fully saturated rings. The van der Waals surface area contributed by atoms with Gasteiger partial charge in [0.15, 0.2) is 0 Å². The SMILES string of the molecule is CNCCC=Cc1cc(C(C)C)ccc1N. The van der Waals surface area contributed by atoms with Crippen LogP contribution in [0.2, 0.25) is 0 Å². The first-order chi connectivity index (χ1) is 7.65. The van der Waals surface area contributed by atoms with Gasteiger partial charge in [-0.15, -0.1) is 0 Å². The van der Waals surface area contributed by atoms with Crippen LogP contribution in [0.5, 0.6) is 0 Å². The van der Waals surface area contributed by atoms with E-state index in [1.807, 2.05) is 13.1 Å². The average Bonchev–Trinajstić information content (AvgIpc) is 2.26. The fourth-order valence-electron chi connectivity index (χ4n) is 1.53. The molecule has 0 aliphatic carbocycles. The number of anilines is 1. The summed E-state index contributed by atoms with van der Waals surface area (Å²) < 4.78 is 0. The third-order valence-electron chi connectivity index (χ3n) is 2.64. The van der Waals surface area contributed by atoms with Gasteiger partial charge in [0.2, 0.25) is 0 Å². The monoisotopic (exact) mass is 218 g/mol. The summed E-state index contributed by atoms with van der Waals surface area (Å²) in [7, 11) is 1.96. The van der Waals surface area contributed by atoms with Crippen molar-refractivity contribution in [2.24, 2.45) is 0 Å². The Morgan fingerprint density at radius 1 is 1.38 bits per heavy atom. The lowest BCUT2D eigenvalue weighted by atomic mass is 9.99. The van der Waals surface area contributed by atoms with Gasteiger partial charge in [-0.3, -0.25) is 0 Å². The second-order valence-corrected chi connectivity index (χ2v) is 4.34. The number of rotatable bonds is 5. The van der Waals surface area contributed by atoms with Crippen molar-refractivity contribution in [3.63, 3.8) is 0 Å². The van der Waals surface area contributed by atoms with E-state index >= 15 is 0 Å². The van der Waals surface area contributed by atoms with Crippen molar-refractivity contribution in [2.45, 2.75) is 26.2 Å². The molecule has 0 amide bonds. The first kappa shape index (κ1) is 12.8. The van der Waals surface area contributed by atoms with Gasteiger partial charge in [0.1, 0.15) is 0 Å². The molecule has 88 valence electrons. The quantitative estimate of drug-likeness (QED) is 0.589. The molecule has 2 heteroatoms. The molecule has 3 N–H and O–H groups in total. The van der Waals surface area contributed by atoms with Crippen LogP contribution in [0.3, 0.4) is 0 Å². The maximum Gasteiger partial charge on any atom is 0.0387 e. The molecule has 0 bridgehead atoms. The normalized spacial score (nSPS) is 11.5. The second kappa shape index (κ2) is 6.33. The Bertz CT molecular complexity index is 354. The number of benzene rings is 1. The van der Waals surface area contributed by atoms with Crippen molar-refractivity contribution in [1.82, 2.24) is 5.32 Å². The molecule has 0 aliphatic heterocycles. The Morgan fingerprint density at radius 2 is 2.12 bits per heavy atom. The fraction of sp³-hybridized carbons (Fsp3) is 0.429. The molecule has 0 radical (unpaired) electrons. The third kappa shape index (κ3) is 3.70. The van der Waals surface area contributed by atoms with Gasteiger partial charge in [-0.1, -0.05) is 32.1 Å². The molecule has 16 heavy (non-hydrogen) atoms. The number of hydrogen-bond acceptors (Lipinski definition) is 2. The minimum Gasteiger partial charge on any atom is -0.398 e. The van der Waals surface area contributed by atoms with Gasteiger partial charge >= 0.3 is 0 Å². The Balaban J connectivity index is 2.77. The minimum atomic E-state index is 0.546. The van der Waals surface area contributed by atoms with Crippen molar-refractivity contribution in [3.05, 3.63) is 35.4 Å². The molecule has 1 aromatic carbocycles. The zero-order valence-electron chi connectivity index (χ0n) is 10.5. The molecule has 1 rings (SSSR count). The van der Waals surface area contributed by atoms with Gasteiger partial charge in [0.05, 0.1) is 0 Å². The van der Waals surface area contributed by atoms with Crippen LogP contribution in [-0.2, 0) is 0 Å². The lowest BCUT2D eigenvalue weighted by molar-refractivity contribution is 0.809. The van der Waals surface area contributed by atoms with Gasteiger partial charge in [-0.2, -0.15) is 0 Å². The van der Waals surface area contributed by atoms with E-state index in [0.29, 0.717) is 5.92 Å². The van der Waals surface area contributed by atoms with Gasteiger partial charge in [-0.25, -0.2) is 0 Å². The van der Waals surface area contributed by atoms with Crippen LogP contribution in [0, 0.1) is 0 Å². The number of nitrogen functional groups attached to an aromatic ring is 1. The number of nitrogens with two attached hydrogens (primary N) is 1. The average molecular weight is 218 g/mol. The highest BCUT2D eigenvalue weighted by Crippen LogP contribution is 2.21. The van der Waals surface area contributed by atoms with Crippen LogP contribution >= 0.6 is 0 Å². The highest BCUT2D eigenvalue weighted by molar-refractivity contribution is 5.65. The first-order valence-electron chi connectivity index (χ1n) is 5.85. The van der Waals surface area contributed by atoms with Crippen LogP contribution in [0.15, 0.2) is 24.3 Å². The lowest BCUT2D eigenvalue weighted by Gasteiger charge is -2.08. The molecular weight excluding hydrogens is 196 g/mol. The summed E-state index contributed by atoms with van der Waals surface area (Å²) in [6.45, 7) is 5.39. The maximum atomic E-state index is 5.94. The van der Waals surface area contributed by atoms with E-state index in [9.17, 15) is 0 Å². The van der Waals surface area contributed by atoms with Crippen LogP contribution in [0.25, 0.3) is 6.08 Å². The van der Waals surface area contributed by atoms with E-state index in [0.717, 1.165) is 24.2 Å². The number of hydrogen-bond donors (Lipinski definition) is 2. The van der Waals surface area contributed by atoms with E-state index in [4.69, 9.17) is 5.73 Å². The first-order valence-corrected chi connectivity index (χ1v) is 5.85. The maximum absolute atomic E-state index is 5.94. The van der Waals surface area contributed by atoms with E-state index in [1.54, 1.807) is 0 Å². The third-order valence-corrected chi connectivity index (χ3v) is 2.64. The molecule has 0 saturated carbocycles. The molecule has 0 saturated heterocycles. The molecule has 0 aliphatic rings. The summed E-state index contributed by atoms with van der Waals surface area (Å²) in [5.74, 6) is 0.546. The van der Waals surface area contributed by atoms with Crippen molar-refractivity contribution >= 4 is 11.8 Å². The van der Waals surface area contributed by atoms with E-state index < -0.39 is 0 Å². The Morgan fingerprint density at radius 3 is 2.75 bits per heavy atom. The summed E-state index contributed by atoms with van der Waals surface area (Å²) in [6.07, 6.45) is 5.30. The smallest absolute Gasteiger partial charge is 0.0387 e. The molecule has 0 atom stereocenters. The molecule has 0 heterocycles. The Kier molecular flexibility index (Phi) is 5.06. The highest BCUT2D eigenvalue weighted by Gasteiger charge is 2.01. The summed E-state index contributed by atoms with van der Waals surface area (Å²) in [4.78, 5) is 0. The van der Waals surface area contributed by atoms with Crippen LogP contribution in [0.1, 0.15) is 37.3 Å². The standard InChI is InChI=1S/C14H22N2/c1-11(2)12-7-8-14(15)13(10-12)6-4-5-9-16-3/h4,6-8,10-11,16H,5,9,15H2,1-3H3. The molecule has 0 spiro atoms. The topological polar surface area (TPSA) is 38.0 Å². The fourth-order valence-corrected chi connectivity index (χ4v) is 1.53. The van der Waals surface area contributed by atoms with Crippen LogP contribution in [-0.4, -0.2) is 13.6 Å². The van der Waals surface area contributed by atoms with E-state index in [2.05, 4.69) is 43.4 Å². The molecule has 2 nitrogen and oxygen atoms in total.